The average Bonchev–Trinajstić information content (AvgIpc) is 1.34. The maximum absolute atomic E-state index is 13.7. The van der Waals surface area contributed by atoms with Gasteiger partial charge in [-0.2, -0.15) is 0 Å². The number of hydrogen-bond donors (Lipinski definition) is 4. The number of hydrogen-bond acceptors (Lipinski definition) is 10. The molecule has 4 N–H and O–H groups in total. The van der Waals surface area contributed by atoms with E-state index in [4.69, 9.17) is 29.9 Å². The lowest BCUT2D eigenvalue weighted by Crippen LogP contribution is -2.32. The Morgan fingerprint density at radius 2 is 0.709 bits per heavy atom. The summed E-state index contributed by atoms with van der Waals surface area (Å²) in [6, 6.07) is 69.3. The molecular weight excluding hydrogens is 1070 g/mol. The van der Waals surface area contributed by atoms with Crippen molar-refractivity contribution in [3.8, 4) is 89.8 Å². The summed E-state index contributed by atoms with van der Waals surface area (Å²) in [5, 5.41) is 18.2. The average molecular weight is 1120 g/mol. The van der Waals surface area contributed by atoms with Crippen LogP contribution in [0.1, 0.15) is 56.8 Å². The van der Waals surface area contributed by atoms with Gasteiger partial charge >= 0.3 is 0 Å². The standard InChI is InChI=1S/C73H57N9O4/c1-2-35-74-71(84)55-29-33-60-62(42-55)80-66(46-17-7-4-8-18-46)67(78-60)51-23-11-19-47(38-51)50-22-14-26-54(41-50)70-69(79-61-34-31-57(44-64(61)82-70)73(86)76-58-27-9-10-28-58)53-25-13-21-49(40-53)48-20-12-24-52(39-48)68-65(45-15-5-3-6-16-45)77-59-32-30-56(43-63(59)81-68)72(85)75-36-37-83/h2-8,11-26,29-34,38-44,58,83H,1,9-10,27-28,35-37H2,(H,74,84)(H,75,85)(H,76,86). The maximum atomic E-state index is 13.7. The smallest absolute Gasteiger partial charge is 0.251 e. The van der Waals surface area contributed by atoms with Crippen LogP contribution in [0.2, 0.25) is 0 Å². The van der Waals surface area contributed by atoms with Crippen LogP contribution in [-0.4, -0.2) is 78.5 Å². The molecule has 0 spiro atoms. The molecule has 1 aliphatic rings. The lowest BCUT2D eigenvalue weighted by Gasteiger charge is -2.15. The highest BCUT2D eigenvalue weighted by molar-refractivity contribution is 6.01. The molecule has 0 saturated heterocycles. The second-order valence-electron chi connectivity index (χ2n) is 21.4. The number of fused-ring (bicyclic) bond motifs is 3. The molecule has 0 radical (unpaired) electrons. The summed E-state index contributed by atoms with van der Waals surface area (Å²) >= 11 is 0. The molecule has 13 rings (SSSR count). The first-order valence-electron chi connectivity index (χ1n) is 28.8. The summed E-state index contributed by atoms with van der Waals surface area (Å²) in [6.07, 6.45) is 5.80. The third-order valence-electron chi connectivity index (χ3n) is 15.6. The van der Waals surface area contributed by atoms with E-state index in [1.807, 2.05) is 133 Å². The predicted octanol–water partition coefficient (Wildman–Crippen LogP) is 14.2. The molecule has 13 nitrogen and oxygen atoms in total. The highest BCUT2D eigenvalue weighted by Crippen LogP contribution is 2.39. The summed E-state index contributed by atoms with van der Waals surface area (Å²) in [5.41, 5.74) is 18.0. The van der Waals surface area contributed by atoms with Gasteiger partial charge in [-0.1, -0.05) is 152 Å². The molecule has 12 aromatic rings. The summed E-state index contributed by atoms with van der Waals surface area (Å²) in [5.74, 6) is -0.646. The highest BCUT2D eigenvalue weighted by atomic mass is 16.3. The molecule has 3 amide bonds. The lowest BCUT2D eigenvalue weighted by atomic mass is 9.94. The minimum atomic E-state index is -0.307. The molecule has 0 aliphatic heterocycles. The summed E-state index contributed by atoms with van der Waals surface area (Å²) in [6.45, 7) is 4.04. The van der Waals surface area contributed by atoms with Crippen molar-refractivity contribution in [1.82, 2.24) is 45.9 Å². The quantitative estimate of drug-likeness (QED) is 0.0679. The van der Waals surface area contributed by atoms with E-state index in [0.29, 0.717) is 90.5 Å². The second kappa shape index (κ2) is 24.1. The Balaban J connectivity index is 0.901. The number of nitrogens with one attached hydrogen (secondary N) is 3. The maximum Gasteiger partial charge on any atom is 0.251 e. The van der Waals surface area contributed by atoms with E-state index < -0.39 is 0 Å². The van der Waals surface area contributed by atoms with Crippen LogP contribution in [0.25, 0.3) is 123 Å². The second-order valence-corrected chi connectivity index (χ2v) is 21.4. The number of nitrogens with zero attached hydrogens (tertiary/aromatic N) is 6. The largest absolute Gasteiger partial charge is 0.395 e. The lowest BCUT2D eigenvalue weighted by molar-refractivity contribution is 0.0932. The number of benzene rings is 9. The summed E-state index contributed by atoms with van der Waals surface area (Å²) in [4.78, 5) is 71.3. The Labute approximate surface area is 496 Å². The van der Waals surface area contributed by atoms with Gasteiger partial charge in [0.05, 0.1) is 73.9 Å². The van der Waals surface area contributed by atoms with Crippen molar-refractivity contribution in [1.29, 1.82) is 0 Å². The van der Waals surface area contributed by atoms with E-state index in [0.717, 1.165) is 81.3 Å². The van der Waals surface area contributed by atoms with Crippen molar-refractivity contribution in [3.63, 3.8) is 0 Å². The number of aliphatic hydroxyl groups is 1. The van der Waals surface area contributed by atoms with E-state index >= 15 is 0 Å². The monoisotopic (exact) mass is 1120 g/mol. The molecule has 9 aromatic carbocycles. The SMILES string of the molecule is C=CCNC(=O)c1ccc2nc(-c3cccc(-c4cccc(-c5nc6cc(C(=O)NC7CCCC7)ccc6nc5-c5cccc(-c6cccc(-c7nc8cc(C(=O)NCCO)ccc8nc7-c7ccccc7)c6)c5)c4)c3)c(-c3ccccc3)nc2c1. The van der Waals surface area contributed by atoms with Gasteiger partial charge in [-0.15, -0.1) is 6.58 Å². The van der Waals surface area contributed by atoms with Crippen LogP contribution >= 0.6 is 0 Å². The van der Waals surface area contributed by atoms with Gasteiger partial charge in [-0.05, 0) is 114 Å². The van der Waals surface area contributed by atoms with Crippen molar-refractivity contribution in [2.75, 3.05) is 19.7 Å². The molecule has 1 saturated carbocycles. The Kier molecular flexibility index (Phi) is 15.3. The van der Waals surface area contributed by atoms with Crippen molar-refractivity contribution < 1.29 is 19.5 Å². The first-order chi connectivity index (χ1) is 42.2. The molecule has 3 heterocycles. The minimum absolute atomic E-state index is 0.122. The van der Waals surface area contributed by atoms with Crippen molar-refractivity contribution in [3.05, 3.63) is 242 Å². The van der Waals surface area contributed by atoms with E-state index in [2.05, 4.69) is 71.1 Å². The van der Waals surface area contributed by atoms with E-state index in [-0.39, 0.29) is 36.9 Å². The third-order valence-corrected chi connectivity index (χ3v) is 15.6. The molecule has 418 valence electrons. The van der Waals surface area contributed by atoms with Gasteiger partial charge < -0.3 is 21.1 Å². The molecule has 0 bridgehead atoms. The van der Waals surface area contributed by atoms with Crippen molar-refractivity contribution >= 4 is 50.8 Å². The fourth-order valence-corrected chi connectivity index (χ4v) is 11.2. The molecule has 0 atom stereocenters. The fourth-order valence-electron chi connectivity index (χ4n) is 11.2. The number of carbonyl (C=O) groups is 3. The van der Waals surface area contributed by atoms with E-state index in [1.54, 1.807) is 36.4 Å². The van der Waals surface area contributed by atoms with Crippen LogP contribution in [-0.2, 0) is 0 Å². The molecule has 1 aliphatic carbocycles. The van der Waals surface area contributed by atoms with Crippen LogP contribution in [0.4, 0.5) is 0 Å². The molecule has 1 fully saturated rings. The van der Waals surface area contributed by atoms with Gasteiger partial charge in [0.1, 0.15) is 0 Å². The molecule has 0 unspecified atom stereocenters. The topological polar surface area (TPSA) is 185 Å². The van der Waals surface area contributed by atoms with Gasteiger partial charge in [0.15, 0.2) is 0 Å². The zero-order valence-corrected chi connectivity index (χ0v) is 46.9. The van der Waals surface area contributed by atoms with Crippen molar-refractivity contribution in [2.24, 2.45) is 0 Å². The van der Waals surface area contributed by atoms with Gasteiger partial charge in [0.25, 0.3) is 17.7 Å². The van der Waals surface area contributed by atoms with Gasteiger partial charge in [-0.25, -0.2) is 29.9 Å². The summed E-state index contributed by atoms with van der Waals surface area (Å²) in [7, 11) is 0. The number of amides is 3. The third kappa shape index (κ3) is 11.3. The first kappa shape index (κ1) is 54.4. The molecule has 86 heavy (non-hydrogen) atoms. The molecular formula is C73H57N9O4. The molecule has 3 aromatic heterocycles. The number of aromatic nitrogens is 6. The minimum Gasteiger partial charge on any atom is -0.395 e. The Hall–Kier alpha value is -10.9. The van der Waals surface area contributed by atoms with Crippen LogP contribution in [0.5, 0.6) is 0 Å². The van der Waals surface area contributed by atoms with Gasteiger partial charge in [-0.3, -0.25) is 14.4 Å². The predicted molar refractivity (Wildman–Crippen MR) is 341 cm³/mol. The van der Waals surface area contributed by atoms with E-state index in [9.17, 15) is 19.5 Å². The van der Waals surface area contributed by atoms with Crippen LogP contribution < -0.4 is 16.0 Å². The van der Waals surface area contributed by atoms with Crippen LogP contribution in [0, 0.1) is 0 Å². The number of carbonyl (C=O) groups excluding carboxylic acids is 3. The zero-order chi connectivity index (χ0) is 58.5. The number of rotatable bonds is 16. The van der Waals surface area contributed by atoms with Gasteiger partial charge in [0.2, 0.25) is 0 Å². The number of aliphatic hydroxyl groups excluding tert-OH is 1. The van der Waals surface area contributed by atoms with E-state index in [1.165, 1.54) is 0 Å². The first-order valence-corrected chi connectivity index (χ1v) is 28.8. The normalized spacial score (nSPS) is 12.3. The summed E-state index contributed by atoms with van der Waals surface area (Å²) < 4.78 is 0. The van der Waals surface area contributed by atoms with Crippen LogP contribution in [0.3, 0.4) is 0 Å². The molecule has 13 heteroatoms. The Morgan fingerprint density at radius 3 is 1.08 bits per heavy atom. The van der Waals surface area contributed by atoms with Crippen LogP contribution in [0.15, 0.2) is 225 Å². The van der Waals surface area contributed by atoms with Crippen molar-refractivity contribution in [2.45, 2.75) is 31.7 Å². The Bertz CT molecular complexity index is 4600. The highest BCUT2D eigenvalue weighted by Gasteiger charge is 2.23. The zero-order valence-electron chi connectivity index (χ0n) is 46.9. The van der Waals surface area contributed by atoms with Gasteiger partial charge in [0, 0.05) is 69.2 Å². The Morgan fingerprint density at radius 1 is 0.384 bits per heavy atom. The fraction of sp³-hybridized carbons (Fsp3) is 0.110.